The second kappa shape index (κ2) is 5.48. The minimum absolute atomic E-state index is 0.122. The first-order valence-corrected chi connectivity index (χ1v) is 5.28. The van der Waals surface area contributed by atoms with Crippen LogP contribution in [0.15, 0.2) is 4.42 Å². The maximum absolute atomic E-state index is 11.2. The van der Waals surface area contributed by atoms with Gasteiger partial charge >= 0.3 is 6.03 Å². The van der Waals surface area contributed by atoms with Gasteiger partial charge in [0.25, 0.3) is 0 Å². The number of carbonyl (C=O) groups is 1. The third kappa shape index (κ3) is 3.52. The van der Waals surface area contributed by atoms with Gasteiger partial charge in [-0.1, -0.05) is 13.8 Å². The number of nitrogens with one attached hydrogen (secondary N) is 1. The highest BCUT2D eigenvalue weighted by Crippen LogP contribution is 2.11. The summed E-state index contributed by atoms with van der Waals surface area (Å²) in [5, 5.41) is 10.5. The van der Waals surface area contributed by atoms with Crippen molar-refractivity contribution in [1.82, 2.24) is 20.4 Å². The Morgan fingerprint density at radius 2 is 2.12 bits per heavy atom. The van der Waals surface area contributed by atoms with Crippen LogP contribution >= 0.6 is 0 Å². The van der Waals surface area contributed by atoms with Crippen molar-refractivity contribution in [2.75, 3.05) is 20.6 Å². The fraction of sp³-hybridized carbons (Fsp3) is 0.700. The van der Waals surface area contributed by atoms with Crippen LogP contribution in [-0.4, -0.2) is 41.8 Å². The molecule has 1 rings (SSSR count). The summed E-state index contributed by atoms with van der Waals surface area (Å²) in [6, 6.07) is -0.122. The van der Waals surface area contributed by atoms with Gasteiger partial charge in [-0.15, -0.1) is 10.2 Å². The van der Waals surface area contributed by atoms with E-state index in [4.69, 9.17) is 4.42 Å². The normalized spacial score (nSPS) is 10.6. The average Bonchev–Trinajstić information content (AvgIpc) is 2.66. The number of carbonyl (C=O) groups excluding carboxylic acids is 1. The Kier molecular flexibility index (Phi) is 4.28. The fourth-order valence-corrected chi connectivity index (χ4v) is 1.04. The molecule has 1 heterocycles. The van der Waals surface area contributed by atoms with Gasteiger partial charge in [-0.2, -0.15) is 0 Å². The number of hydrogen-bond donors (Lipinski definition) is 1. The van der Waals surface area contributed by atoms with Crippen molar-refractivity contribution in [3.63, 3.8) is 0 Å². The van der Waals surface area contributed by atoms with Gasteiger partial charge in [-0.25, -0.2) is 4.79 Å². The number of rotatable bonds is 4. The molecule has 6 heteroatoms. The lowest BCUT2D eigenvalue weighted by Gasteiger charge is -2.10. The summed E-state index contributed by atoms with van der Waals surface area (Å²) in [6.07, 6.45) is 0.555. The predicted molar refractivity (Wildman–Crippen MR) is 59.2 cm³/mol. The highest BCUT2D eigenvalue weighted by atomic mass is 16.4. The second-order valence-electron chi connectivity index (χ2n) is 4.07. The fourth-order valence-electron chi connectivity index (χ4n) is 1.04. The summed E-state index contributed by atoms with van der Waals surface area (Å²) < 4.78 is 5.40. The van der Waals surface area contributed by atoms with Gasteiger partial charge in [-0.05, 0) is 0 Å². The second-order valence-corrected chi connectivity index (χ2v) is 4.07. The predicted octanol–water partition coefficient (Wildman–Crippen LogP) is 1.01. The zero-order chi connectivity index (χ0) is 12.1. The van der Waals surface area contributed by atoms with E-state index in [-0.39, 0.29) is 11.9 Å². The van der Waals surface area contributed by atoms with E-state index in [9.17, 15) is 4.79 Å². The Bertz CT molecular complexity index is 346. The van der Waals surface area contributed by atoms with Crippen LogP contribution in [0.1, 0.15) is 31.5 Å². The molecule has 0 bridgehead atoms. The molecule has 0 spiro atoms. The summed E-state index contributed by atoms with van der Waals surface area (Å²) >= 11 is 0. The first-order valence-electron chi connectivity index (χ1n) is 5.28. The minimum Gasteiger partial charge on any atom is -0.425 e. The molecule has 0 saturated heterocycles. The molecule has 0 unspecified atom stereocenters. The maximum Gasteiger partial charge on any atom is 0.316 e. The lowest BCUT2D eigenvalue weighted by Crippen LogP contribution is -2.35. The van der Waals surface area contributed by atoms with Crippen molar-refractivity contribution in [3.05, 3.63) is 11.8 Å². The lowest BCUT2D eigenvalue weighted by atomic mass is 10.2. The molecule has 0 atom stereocenters. The summed E-state index contributed by atoms with van der Waals surface area (Å²) in [5.74, 6) is 1.43. The monoisotopic (exact) mass is 226 g/mol. The first-order chi connectivity index (χ1) is 7.50. The molecule has 1 N–H and O–H groups in total. The molecule has 0 aromatic carbocycles. The quantitative estimate of drug-likeness (QED) is 0.831. The molecule has 2 amide bonds. The number of urea groups is 1. The van der Waals surface area contributed by atoms with Crippen molar-refractivity contribution in [2.45, 2.75) is 26.2 Å². The van der Waals surface area contributed by atoms with E-state index >= 15 is 0 Å². The molecule has 90 valence electrons. The Labute approximate surface area is 95.0 Å². The molecule has 0 aliphatic carbocycles. The van der Waals surface area contributed by atoms with Crippen molar-refractivity contribution < 1.29 is 9.21 Å². The van der Waals surface area contributed by atoms with Gasteiger partial charge in [-0.3, -0.25) is 0 Å². The third-order valence-corrected chi connectivity index (χ3v) is 2.00. The van der Waals surface area contributed by atoms with Crippen molar-refractivity contribution in [3.8, 4) is 0 Å². The first kappa shape index (κ1) is 12.5. The molecule has 0 fully saturated rings. The van der Waals surface area contributed by atoms with E-state index in [0.717, 1.165) is 0 Å². The Hall–Kier alpha value is -1.59. The molecule has 0 aliphatic heterocycles. The topological polar surface area (TPSA) is 71.3 Å². The molecule has 1 aromatic heterocycles. The number of amides is 2. The van der Waals surface area contributed by atoms with E-state index in [1.807, 2.05) is 13.8 Å². The van der Waals surface area contributed by atoms with Crippen LogP contribution in [0, 0.1) is 0 Å². The van der Waals surface area contributed by atoms with Crippen LogP contribution in [0.25, 0.3) is 0 Å². The van der Waals surface area contributed by atoms with E-state index in [1.54, 1.807) is 14.1 Å². The number of aromatic nitrogens is 2. The Morgan fingerprint density at radius 1 is 1.44 bits per heavy atom. The summed E-state index contributed by atoms with van der Waals surface area (Å²) in [6.45, 7) is 4.48. The van der Waals surface area contributed by atoms with Crippen LogP contribution in [0.4, 0.5) is 4.79 Å². The van der Waals surface area contributed by atoms with Gasteiger partial charge in [0, 0.05) is 33.0 Å². The van der Waals surface area contributed by atoms with Crippen molar-refractivity contribution in [1.29, 1.82) is 0 Å². The van der Waals surface area contributed by atoms with Crippen LogP contribution < -0.4 is 5.32 Å². The summed E-state index contributed by atoms with van der Waals surface area (Å²) in [7, 11) is 3.39. The number of hydrogen-bond acceptors (Lipinski definition) is 4. The molecule has 1 aromatic rings. The van der Waals surface area contributed by atoms with E-state index < -0.39 is 0 Å². The molecular weight excluding hydrogens is 208 g/mol. The SMILES string of the molecule is CC(C)c1nnc(CCNC(=O)N(C)C)o1. The smallest absolute Gasteiger partial charge is 0.316 e. The highest BCUT2D eigenvalue weighted by Gasteiger charge is 2.09. The van der Waals surface area contributed by atoms with Gasteiger partial charge < -0.3 is 14.6 Å². The Morgan fingerprint density at radius 3 is 2.62 bits per heavy atom. The maximum atomic E-state index is 11.2. The average molecular weight is 226 g/mol. The van der Waals surface area contributed by atoms with Gasteiger partial charge in [0.15, 0.2) is 0 Å². The largest absolute Gasteiger partial charge is 0.425 e. The molecule has 6 nitrogen and oxygen atoms in total. The molecule has 0 aliphatic rings. The van der Waals surface area contributed by atoms with E-state index in [2.05, 4.69) is 15.5 Å². The minimum atomic E-state index is -0.122. The zero-order valence-electron chi connectivity index (χ0n) is 10.1. The van der Waals surface area contributed by atoms with Gasteiger partial charge in [0.1, 0.15) is 0 Å². The van der Waals surface area contributed by atoms with E-state index in [0.29, 0.717) is 24.7 Å². The van der Waals surface area contributed by atoms with Crippen LogP contribution in [0.2, 0.25) is 0 Å². The summed E-state index contributed by atoms with van der Waals surface area (Å²) in [5.41, 5.74) is 0. The van der Waals surface area contributed by atoms with Crippen molar-refractivity contribution >= 4 is 6.03 Å². The summed E-state index contributed by atoms with van der Waals surface area (Å²) in [4.78, 5) is 12.7. The molecule has 0 saturated carbocycles. The molecule has 0 radical (unpaired) electrons. The van der Waals surface area contributed by atoms with Crippen LogP contribution in [0.5, 0.6) is 0 Å². The standard InChI is InChI=1S/C10H18N4O2/c1-7(2)9-13-12-8(16-9)5-6-11-10(15)14(3)4/h7H,5-6H2,1-4H3,(H,11,15). The molecular formula is C10H18N4O2. The lowest BCUT2D eigenvalue weighted by molar-refractivity contribution is 0.217. The third-order valence-electron chi connectivity index (χ3n) is 2.00. The van der Waals surface area contributed by atoms with Crippen LogP contribution in [-0.2, 0) is 6.42 Å². The Balaban J connectivity index is 2.35. The number of nitrogens with zero attached hydrogens (tertiary/aromatic N) is 3. The van der Waals surface area contributed by atoms with Gasteiger partial charge in [0.05, 0.1) is 0 Å². The highest BCUT2D eigenvalue weighted by molar-refractivity contribution is 5.73. The molecule has 16 heavy (non-hydrogen) atoms. The van der Waals surface area contributed by atoms with Crippen LogP contribution in [0.3, 0.4) is 0 Å². The van der Waals surface area contributed by atoms with Gasteiger partial charge in [0.2, 0.25) is 11.8 Å². The van der Waals surface area contributed by atoms with Crippen molar-refractivity contribution in [2.24, 2.45) is 0 Å². The zero-order valence-corrected chi connectivity index (χ0v) is 10.1. The van der Waals surface area contributed by atoms with E-state index in [1.165, 1.54) is 4.90 Å².